The van der Waals surface area contributed by atoms with E-state index in [9.17, 15) is 0 Å². The Kier molecular flexibility index (Phi) is 2.92. The standard InChI is InChI=1S/C13H20N4S/c1-7-4-10(14)12(15-6-7)11-5-9-8(2)16-17(3)13(9)18-11/h5,7,10,12,15H,4,6,14H2,1-3H3. The van der Waals surface area contributed by atoms with Crippen molar-refractivity contribution in [1.82, 2.24) is 15.1 Å². The number of aromatic nitrogens is 2. The Bertz CT molecular complexity index is 536. The van der Waals surface area contributed by atoms with Gasteiger partial charge >= 0.3 is 0 Å². The molecular formula is C13H20N4S. The molecule has 5 heteroatoms. The molecule has 4 nitrogen and oxygen atoms in total. The molecule has 3 atom stereocenters. The van der Waals surface area contributed by atoms with E-state index in [1.165, 1.54) is 15.1 Å². The van der Waals surface area contributed by atoms with E-state index in [0.717, 1.165) is 18.7 Å². The molecule has 3 heterocycles. The maximum atomic E-state index is 6.29. The van der Waals surface area contributed by atoms with Gasteiger partial charge in [0.05, 0.1) is 11.7 Å². The van der Waals surface area contributed by atoms with E-state index in [1.807, 2.05) is 23.1 Å². The van der Waals surface area contributed by atoms with E-state index in [1.54, 1.807) is 0 Å². The van der Waals surface area contributed by atoms with Gasteiger partial charge < -0.3 is 11.1 Å². The molecule has 1 saturated heterocycles. The normalized spacial score (nSPS) is 29.0. The summed E-state index contributed by atoms with van der Waals surface area (Å²) in [6.07, 6.45) is 1.10. The molecule has 0 aromatic carbocycles. The van der Waals surface area contributed by atoms with Crippen molar-refractivity contribution in [2.24, 2.45) is 18.7 Å². The van der Waals surface area contributed by atoms with Crippen LogP contribution in [-0.4, -0.2) is 22.4 Å². The number of nitrogens with one attached hydrogen (secondary N) is 1. The first kappa shape index (κ1) is 12.1. The van der Waals surface area contributed by atoms with E-state index < -0.39 is 0 Å². The van der Waals surface area contributed by atoms with Gasteiger partial charge in [-0.15, -0.1) is 11.3 Å². The molecule has 1 aliphatic heterocycles. The second kappa shape index (κ2) is 4.33. The Morgan fingerprint density at radius 1 is 1.56 bits per heavy atom. The molecule has 0 radical (unpaired) electrons. The lowest BCUT2D eigenvalue weighted by Gasteiger charge is -2.33. The van der Waals surface area contributed by atoms with Gasteiger partial charge in [0.1, 0.15) is 4.83 Å². The number of hydrogen-bond donors (Lipinski definition) is 2. The van der Waals surface area contributed by atoms with E-state index >= 15 is 0 Å². The van der Waals surface area contributed by atoms with Crippen molar-refractivity contribution in [2.75, 3.05) is 6.54 Å². The van der Waals surface area contributed by atoms with Crippen LogP contribution < -0.4 is 11.1 Å². The monoisotopic (exact) mass is 264 g/mol. The number of rotatable bonds is 1. The van der Waals surface area contributed by atoms with Gasteiger partial charge in [-0.3, -0.25) is 4.68 Å². The molecule has 98 valence electrons. The van der Waals surface area contributed by atoms with Crippen LogP contribution in [0.1, 0.15) is 30.0 Å². The van der Waals surface area contributed by atoms with Gasteiger partial charge in [0, 0.05) is 23.4 Å². The van der Waals surface area contributed by atoms with Gasteiger partial charge in [-0.05, 0) is 31.9 Å². The van der Waals surface area contributed by atoms with Crippen LogP contribution in [-0.2, 0) is 7.05 Å². The maximum absolute atomic E-state index is 6.29. The summed E-state index contributed by atoms with van der Waals surface area (Å²) in [7, 11) is 2.01. The molecular weight excluding hydrogens is 244 g/mol. The zero-order chi connectivity index (χ0) is 12.9. The number of nitrogens with two attached hydrogens (primary N) is 1. The smallest absolute Gasteiger partial charge is 0.121 e. The third-order valence-electron chi connectivity index (χ3n) is 3.81. The van der Waals surface area contributed by atoms with E-state index in [0.29, 0.717) is 12.0 Å². The summed E-state index contributed by atoms with van der Waals surface area (Å²) in [5.74, 6) is 0.675. The van der Waals surface area contributed by atoms with Gasteiger partial charge in [0.2, 0.25) is 0 Å². The Morgan fingerprint density at radius 3 is 3.00 bits per heavy atom. The van der Waals surface area contributed by atoms with Crippen LogP contribution in [0.25, 0.3) is 10.2 Å². The number of piperidine rings is 1. The zero-order valence-corrected chi connectivity index (χ0v) is 11.9. The number of hydrogen-bond acceptors (Lipinski definition) is 4. The van der Waals surface area contributed by atoms with Crippen molar-refractivity contribution in [3.8, 4) is 0 Å². The number of aryl methyl sites for hydroxylation is 2. The first-order valence-electron chi connectivity index (χ1n) is 6.48. The molecule has 3 N–H and O–H groups in total. The minimum atomic E-state index is 0.218. The van der Waals surface area contributed by atoms with Crippen molar-refractivity contribution in [2.45, 2.75) is 32.4 Å². The second-order valence-corrected chi connectivity index (χ2v) is 6.53. The van der Waals surface area contributed by atoms with Crippen LogP contribution in [0.3, 0.4) is 0 Å². The fourth-order valence-corrected chi connectivity index (χ4v) is 4.13. The minimum absolute atomic E-state index is 0.218. The van der Waals surface area contributed by atoms with Gasteiger partial charge in [-0.1, -0.05) is 6.92 Å². The highest BCUT2D eigenvalue weighted by atomic mass is 32.1. The van der Waals surface area contributed by atoms with Crippen molar-refractivity contribution in [3.05, 3.63) is 16.6 Å². The molecule has 0 saturated carbocycles. The fraction of sp³-hybridized carbons (Fsp3) is 0.615. The molecule has 3 rings (SSSR count). The van der Waals surface area contributed by atoms with Gasteiger partial charge in [0.15, 0.2) is 0 Å². The van der Waals surface area contributed by atoms with E-state index in [4.69, 9.17) is 5.73 Å². The molecule has 0 spiro atoms. The van der Waals surface area contributed by atoms with Crippen LogP contribution in [0.5, 0.6) is 0 Å². The molecule has 0 aliphatic carbocycles. The highest BCUT2D eigenvalue weighted by Gasteiger charge is 2.28. The maximum Gasteiger partial charge on any atom is 0.121 e. The van der Waals surface area contributed by atoms with Crippen molar-refractivity contribution < 1.29 is 0 Å². The first-order valence-corrected chi connectivity index (χ1v) is 7.30. The molecule has 3 unspecified atom stereocenters. The average molecular weight is 264 g/mol. The molecule has 18 heavy (non-hydrogen) atoms. The molecule has 0 amide bonds. The Labute approximate surface area is 111 Å². The number of thiophene rings is 1. The van der Waals surface area contributed by atoms with Crippen molar-refractivity contribution >= 4 is 21.6 Å². The lowest BCUT2D eigenvalue weighted by Crippen LogP contribution is -2.45. The Hall–Kier alpha value is -0.910. The van der Waals surface area contributed by atoms with Crippen LogP contribution in [0.4, 0.5) is 0 Å². The minimum Gasteiger partial charge on any atom is -0.326 e. The third-order valence-corrected chi connectivity index (χ3v) is 5.10. The Balaban J connectivity index is 1.97. The summed E-state index contributed by atoms with van der Waals surface area (Å²) in [4.78, 5) is 2.59. The summed E-state index contributed by atoms with van der Waals surface area (Å²) in [5, 5.41) is 9.29. The predicted molar refractivity (Wildman–Crippen MR) is 75.8 cm³/mol. The van der Waals surface area contributed by atoms with Gasteiger partial charge in [-0.2, -0.15) is 5.10 Å². The van der Waals surface area contributed by atoms with E-state index in [2.05, 4.69) is 30.3 Å². The Morgan fingerprint density at radius 2 is 2.33 bits per heavy atom. The zero-order valence-electron chi connectivity index (χ0n) is 11.1. The summed E-state index contributed by atoms with van der Waals surface area (Å²) in [6, 6.07) is 2.78. The highest BCUT2D eigenvalue weighted by molar-refractivity contribution is 7.18. The van der Waals surface area contributed by atoms with Crippen LogP contribution >= 0.6 is 11.3 Å². The fourth-order valence-electron chi connectivity index (χ4n) is 2.85. The lowest BCUT2D eigenvalue weighted by atomic mass is 9.91. The second-order valence-electron chi connectivity index (χ2n) is 5.47. The quantitative estimate of drug-likeness (QED) is 0.827. The molecule has 0 bridgehead atoms. The summed E-state index contributed by atoms with van der Waals surface area (Å²) < 4.78 is 1.97. The van der Waals surface area contributed by atoms with Gasteiger partial charge in [-0.25, -0.2) is 0 Å². The van der Waals surface area contributed by atoms with Crippen molar-refractivity contribution in [3.63, 3.8) is 0 Å². The number of fused-ring (bicyclic) bond motifs is 1. The first-order chi connectivity index (χ1) is 8.56. The number of nitrogens with zero attached hydrogens (tertiary/aromatic N) is 2. The molecule has 1 fully saturated rings. The van der Waals surface area contributed by atoms with Crippen LogP contribution in [0.2, 0.25) is 0 Å². The topological polar surface area (TPSA) is 55.9 Å². The lowest BCUT2D eigenvalue weighted by molar-refractivity contribution is 0.294. The SMILES string of the molecule is Cc1nn(C)c2sc(C3NCC(C)CC3N)cc12. The third kappa shape index (κ3) is 1.86. The van der Waals surface area contributed by atoms with Gasteiger partial charge in [0.25, 0.3) is 0 Å². The summed E-state index contributed by atoms with van der Waals surface area (Å²) in [5.41, 5.74) is 7.39. The highest BCUT2D eigenvalue weighted by Crippen LogP contribution is 2.34. The van der Waals surface area contributed by atoms with Crippen LogP contribution in [0.15, 0.2) is 6.07 Å². The summed E-state index contributed by atoms with van der Waals surface area (Å²) >= 11 is 1.81. The summed E-state index contributed by atoms with van der Waals surface area (Å²) in [6.45, 7) is 5.38. The molecule has 2 aromatic heterocycles. The molecule has 1 aliphatic rings. The van der Waals surface area contributed by atoms with E-state index in [-0.39, 0.29) is 6.04 Å². The average Bonchev–Trinajstić information content (AvgIpc) is 2.82. The van der Waals surface area contributed by atoms with Crippen LogP contribution in [0, 0.1) is 12.8 Å². The largest absolute Gasteiger partial charge is 0.326 e. The molecule has 2 aromatic rings. The predicted octanol–water partition coefficient (Wildman–Crippen LogP) is 1.94. The van der Waals surface area contributed by atoms with Crippen molar-refractivity contribution in [1.29, 1.82) is 0 Å².